The van der Waals surface area contributed by atoms with Crippen molar-refractivity contribution in [3.8, 4) is 0 Å². The van der Waals surface area contributed by atoms with Gasteiger partial charge in [-0.3, -0.25) is 0 Å². The number of hydrogen-bond donors (Lipinski definition) is 0. The summed E-state index contributed by atoms with van der Waals surface area (Å²) in [7, 11) is 2.12. The van der Waals surface area contributed by atoms with Gasteiger partial charge in [0.2, 0.25) is 0 Å². The smallest absolute Gasteiger partial charge is 0.133 e. The molecule has 0 atom stereocenters. The van der Waals surface area contributed by atoms with E-state index in [-0.39, 0.29) is 0 Å². The number of hydrogen-bond acceptors (Lipinski definition) is 2. The van der Waals surface area contributed by atoms with Crippen LogP contribution in [0.15, 0.2) is 6.07 Å². The second-order valence-corrected chi connectivity index (χ2v) is 4.86. The number of halogens is 1. The number of anilines is 1. The van der Waals surface area contributed by atoms with Crippen LogP contribution in [-0.4, -0.2) is 18.1 Å². The molecule has 2 nitrogen and oxygen atoms in total. The summed E-state index contributed by atoms with van der Waals surface area (Å²) in [6, 6.07) is 2.63. The molecule has 0 fully saturated rings. The van der Waals surface area contributed by atoms with E-state index < -0.39 is 0 Å². The summed E-state index contributed by atoms with van der Waals surface area (Å²) < 4.78 is 0. The van der Waals surface area contributed by atoms with Crippen LogP contribution in [0, 0.1) is 13.8 Å². The Labute approximate surface area is 110 Å². The minimum atomic E-state index is 0.527. The van der Waals surface area contributed by atoms with E-state index in [1.54, 1.807) is 0 Å². The molecule has 0 aliphatic carbocycles. The number of aromatic nitrogens is 1. The average molecular weight is 255 g/mol. The fourth-order valence-electron chi connectivity index (χ4n) is 2.31. The van der Waals surface area contributed by atoms with Gasteiger partial charge in [0.1, 0.15) is 5.82 Å². The zero-order chi connectivity index (χ0) is 13.0. The van der Waals surface area contributed by atoms with Crippen molar-refractivity contribution in [2.45, 2.75) is 52.5 Å². The van der Waals surface area contributed by atoms with Crippen molar-refractivity contribution in [3.63, 3.8) is 0 Å². The summed E-state index contributed by atoms with van der Waals surface area (Å²) in [5.41, 5.74) is 3.45. The molecule has 0 radical (unpaired) electrons. The van der Waals surface area contributed by atoms with Crippen molar-refractivity contribution in [1.29, 1.82) is 0 Å². The topological polar surface area (TPSA) is 16.1 Å². The summed E-state index contributed by atoms with van der Waals surface area (Å²) in [5.74, 6) is 1.57. The number of rotatable bonds is 5. The number of alkyl halides is 1. The first kappa shape index (κ1) is 14.3. The van der Waals surface area contributed by atoms with Crippen LogP contribution in [0.25, 0.3) is 0 Å². The summed E-state index contributed by atoms with van der Waals surface area (Å²) in [6.07, 6.45) is 2.26. The predicted octanol–water partition coefficient (Wildman–Crippen LogP) is 4.06. The summed E-state index contributed by atoms with van der Waals surface area (Å²) in [5, 5.41) is 0. The first-order chi connectivity index (χ1) is 8.04. The molecule has 1 heterocycles. The van der Waals surface area contributed by atoms with E-state index in [2.05, 4.69) is 43.8 Å². The van der Waals surface area contributed by atoms with E-state index in [4.69, 9.17) is 11.6 Å². The van der Waals surface area contributed by atoms with Crippen molar-refractivity contribution in [1.82, 2.24) is 4.98 Å². The Bertz CT molecular complexity index is 373. The summed E-state index contributed by atoms with van der Waals surface area (Å²) >= 11 is 6.06. The lowest BCUT2D eigenvalue weighted by Gasteiger charge is -2.29. The van der Waals surface area contributed by atoms with Gasteiger partial charge in [0, 0.05) is 24.3 Å². The Morgan fingerprint density at radius 3 is 2.35 bits per heavy atom. The first-order valence-corrected chi connectivity index (χ1v) is 6.84. The zero-order valence-corrected chi connectivity index (χ0v) is 12.3. The van der Waals surface area contributed by atoms with Crippen LogP contribution in [0.2, 0.25) is 0 Å². The molecule has 0 saturated heterocycles. The van der Waals surface area contributed by atoms with Crippen LogP contribution in [0.3, 0.4) is 0 Å². The highest BCUT2D eigenvalue weighted by Gasteiger charge is 2.17. The molecule has 0 unspecified atom stereocenters. The normalized spacial score (nSPS) is 11.0. The van der Waals surface area contributed by atoms with Crippen molar-refractivity contribution in [3.05, 3.63) is 22.9 Å². The Balaban J connectivity index is 3.19. The third-order valence-corrected chi connectivity index (χ3v) is 3.68. The minimum absolute atomic E-state index is 0.527. The maximum Gasteiger partial charge on any atom is 0.133 e. The van der Waals surface area contributed by atoms with E-state index >= 15 is 0 Å². The average Bonchev–Trinajstić information content (AvgIpc) is 2.29. The fourth-order valence-corrected chi connectivity index (χ4v) is 2.64. The lowest BCUT2D eigenvalue weighted by Crippen LogP contribution is -2.32. The highest BCUT2D eigenvalue weighted by molar-refractivity contribution is 6.17. The number of aryl methyl sites for hydroxylation is 2. The van der Waals surface area contributed by atoms with Gasteiger partial charge in [-0.1, -0.05) is 13.8 Å². The van der Waals surface area contributed by atoms with Crippen molar-refractivity contribution >= 4 is 17.4 Å². The molecule has 3 heteroatoms. The van der Waals surface area contributed by atoms with Gasteiger partial charge in [0.25, 0.3) is 0 Å². The molecule has 0 saturated carbocycles. The molecule has 0 aliphatic rings. The molecule has 1 aromatic heterocycles. The van der Waals surface area contributed by atoms with E-state index in [0.717, 1.165) is 29.9 Å². The molecule has 1 rings (SSSR count). The van der Waals surface area contributed by atoms with Gasteiger partial charge in [-0.05, 0) is 38.3 Å². The highest BCUT2D eigenvalue weighted by Crippen LogP contribution is 2.26. The van der Waals surface area contributed by atoms with Gasteiger partial charge >= 0.3 is 0 Å². The van der Waals surface area contributed by atoms with Gasteiger partial charge < -0.3 is 4.90 Å². The van der Waals surface area contributed by atoms with E-state index in [1.165, 1.54) is 5.56 Å². The Hall–Kier alpha value is -0.760. The fraction of sp³-hybridized carbons (Fsp3) is 0.643. The maximum absolute atomic E-state index is 6.06. The standard InChI is InChI=1S/C14H23ClN2/c1-6-12(7-2)17(5)14-13(9-15)10(3)8-11(4)16-14/h8,12H,6-7,9H2,1-5H3. The van der Waals surface area contributed by atoms with Crippen LogP contribution in [0.1, 0.15) is 43.5 Å². The van der Waals surface area contributed by atoms with Gasteiger partial charge in [0.05, 0.1) is 5.88 Å². The minimum Gasteiger partial charge on any atom is -0.356 e. The van der Waals surface area contributed by atoms with Gasteiger partial charge in [-0.2, -0.15) is 0 Å². The van der Waals surface area contributed by atoms with Crippen molar-refractivity contribution < 1.29 is 0 Å². The molecule has 1 aromatic rings. The van der Waals surface area contributed by atoms with Gasteiger partial charge in [0.15, 0.2) is 0 Å². The number of nitrogens with zero attached hydrogens (tertiary/aromatic N) is 2. The summed E-state index contributed by atoms with van der Waals surface area (Å²) in [6.45, 7) is 8.58. The monoisotopic (exact) mass is 254 g/mol. The lowest BCUT2D eigenvalue weighted by atomic mass is 10.1. The molecular weight excluding hydrogens is 232 g/mol. The molecule has 0 aromatic carbocycles. The van der Waals surface area contributed by atoms with Crippen molar-refractivity contribution in [2.24, 2.45) is 0 Å². The Morgan fingerprint density at radius 2 is 1.88 bits per heavy atom. The molecule has 0 amide bonds. The highest BCUT2D eigenvalue weighted by atomic mass is 35.5. The van der Waals surface area contributed by atoms with Crippen LogP contribution >= 0.6 is 11.6 Å². The lowest BCUT2D eigenvalue weighted by molar-refractivity contribution is 0.585. The zero-order valence-electron chi connectivity index (χ0n) is 11.5. The third-order valence-electron chi connectivity index (χ3n) is 3.41. The molecular formula is C14H23ClN2. The van der Waals surface area contributed by atoms with Crippen LogP contribution in [0.4, 0.5) is 5.82 Å². The molecule has 96 valence electrons. The second kappa shape index (κ2) is 6.25. The maximum atomic E-state index is 6.06. The van der Waals surface area contributed by atoms with Crippen molar-refractivity contribution in [2.75, 3.05) is 11.9 Å². The number of pyridine rings is 1. The third kappa shape index (κ3) is 3.12. The second-order valence-electron chi connectivity index (χ2n) is 4.60. The SMILES string of the molecule is CCC(CC)N(C)c1nc(C)cc(C)c1CCl. The summed E-state index contributed by atoms with van der Waals surface area (Å²) in [4.78, 5) is 6.94. The van der Waals surface area contributed by atoms with E-state index in [1.807, 2.05) is 6.92 Å². The largest absolute Gasteiger partial charge is 0.356 e. The van der Waals surface area contributed by atoms with Gasteiger partial charge in [-0.15, -0.1) is 11.6 Å². The van der Waals surface area contributed by atoms with E-state index in [9.17, 15) is 0 Å². The predicted molar refractivity (Wildman–Crippen MR) is 76.0 cm³/mol. The molecule has 0 aliphatic heterocycles. The van der Waals surface area contributed by atoms with Crippen LogP contribution < -0.4 is 4.90 Å². The quantitative estimate of drug-likeness (QED) is 0.737. The Kier molecular flexibility index (Phi) is 5.26. The first-order valence-electron chi connectivity index (χ1n) is 6.31. The Morgan fingerprint density at radius 1 is 1.29 bits per heavy atom. The molecule has 17 heavy (non-hydrogen) atoms. The molecule has 0 spiro atoms. The molecule has 0 N–H and O–H groups in total. The van der Waals surface area contributed by atoms with Crippen LogP contribution in [0.5, 0.6) is 0 Å². The van der Waals surface area contributed by atoms with E-state index in [0.29, 0.717) is 11.9 Å². The molecule has 0 bridgehead atoms. The van der Waals surface area contributed by atoms with Crippen LogP contribution in [-0.2, 0) is 5.88 Å². The van der Waals surface area contributed by atoms with Gasteiger partial charge in [-0.25, -0.2) is 4.98 Å².